The van der Waals surface area contributed by atoms with Gasteiger partial charge in [0.15, 0.2) is 0 Å². The van der Waals surface area contributed by atoms with Crippen LogP contribution in [0.5, 0.6) is 0 Å². The monoisotopic (exact) mass is 276 g/mol. The molecule has 2 aromatic rings. The number of nitrogens with zero attached hydrogens (tertiary/aromatic N) is 1. The van der Waals surface area contributed by atoms with E-state index in [1.165, 1.54) is 31.6 Å². The first-order chi connectivity index (χ1) is 10.4. The molecule has 1 aliphatic rings. The zero-order chi connectivity index (χ0) is 14.3. The van der Waals surface area contributed by atoms with Crippen LogP contribution in [-0.2, 0) is 0 Å². The Balaban J connectivity index is 1.53. The van der Waals surface area contributed by atoms with Crippen molar-refractivity contribution in [3.8, 4) is 11.8 Å². The Morgan fingerprint density at radius 2 is 1.62 bits per heavy atom. The summed E-state index contributed by atoms with van der Waals surface area (Å²) in [4.78, 5) is 2.44. The van der Waals surface area contributed by atoms with Crippen LogP contribution < -0.4 is 10.2 Å². The van der Waals surface area contributed by atoms with Gasteiger partial charge in [0.25, 0.3) is 0 Å². The van der Waals surface area contributed by atoms with Crippen molar-refractivity contribution in [2.75, 3.05) is 29.9 Å². The molecule has 0 unspecified atom stereocenters. The SMILES string of the molecule is C(#Cc1ccccc1)CNc1ccc(N2CCCC2)cc1. The molecule has 1 fully saturated rings. The number of hydrogen-bond donors (Lipinski definition) is 1. The standard InChI is InChI=1S/C19H20N2/c1-2-7-17(8-3-1)9-6-14-20-18-10-12-19(13-11-18)21-15-4-5-16-21/h1-3,7-8,10-13,20H,4-5,14-16H2. The predicted molar refractivity (Wildman–Crippen MR) is 89.7 cm³/mol. The van der Waals surface area contributed by atoms with Crippen LogP contribution in [0.4, 0.5) is 11.4 Å². The van der Waals surface area contributed by atoms with Crippen molar-refractivity contribution in [2.24, 2.45) is 0 Å². The molecule has 1 aliphatic heterocycles. The molecular weight excluding hydrogens is 256 g/mol. The Hall–Kier alpha value is -2.40. The van der Waals surface area contributed by atoms with Crippen LogP contribution in [0.2, 0.25) is 0 Å². The molecule has 0 amide bonds. The zero-order valence-electron chi connectivity index (χ0n) is 12.2. The fourth-order valence-corrected chi connectivity index (χ4v) is 2.58. The van der Waals surface area contributed by atoms with Crippen molar-refractivity contribution in [2.45, 2.75) is 12.8 Å². The summed E-state index contributed by atoms with van der Waals surface area (Å²) in [6.07, 6.45) is 2.63. The summed E-state index contributed by atoms with van der Waals surface area (Å²) in [5.74, 6) is 6.30. The maximum Gasteiger partial charge on any atom is 0.0769 e. The van der Waals surface area contributed by atoms with Crippen molar-refractivity contribution in [1.29, 1.82) is 0 Å². The predicted octanol–water partition coefficient (Wildman–Crippen LogP) is 3.75. The third kappa shape index (κ3) is 3.79. The molecule has 1 saturated heterocycles. The lowest BCUT2D eigenvalue weighted by atomic mass is 10.2. The lowest BCUT2D eigenvalue weighted by Crippen LogP contribution is -2.17. The Morgan fingerprint density at radius 3 is 2.33 bits per heavy atom. The molecule has 3 rings (SSSR count). The average Bonchev–Trinajstić information content (AvgIpc) is 3.08. The minimum Gasteiger partial charge on any atom is -0.374 e. The van der Waals surface area contributed by atoms with Gasteiger partial charge in [-0.05, 0) is 49.2 Å². The molecule has 2 nitrogen and oxygen atoms in total. The second-order valence-electron chi connectivity index (χ2n) is 5.26. The highest BCUT2D eigenvalue weighted by Gasteiger charge is 2.11. The molecule has 0 spiro atoms. The quantitative estimate of drug-likeness (QED) is 0.859. The lowest BCUT2D eigenvalue weighted by Gasteiger charge is -2.17. The second-order valence-corrected chi connectivity index (χ2v) is 5.26. The first-order valence-electron chi connectivity index (χ1n) is 7.55. The van der Waals surface area contributed by atoms with Gasteiger partial charge in [0.2, 0.25) is 0 Å². The van der Waals surface area contributed by atoms with Crippen LogP contribution >= 0.6 is 0 Å². The maximum absolute atomic E-state index is 3.34. The van der Waals surface area contributed by atoms with Crippen molar-refractivity contribution in [3.63, 3.8) is 0 Å². The van der Waals surface area contributed by atoms with E-state index in [1.807, 2.05) is 30.3 Å². The van der Waals surface area contributed by atoms with Gasteiger partial charge in [-0.1, -0.05) is 30.0 Å². The fraction of sp³-hybridized carbons (Fsp3) is 0.263. The molecule has 106 valence electrons. The molecular formula is C19H20N2. The topological polar surface area (TPSA) is 15.3 Å². The molecule has 2 aromatic carbocycles. The Labute approximate surface area is 126 Å². The molecule has 0 bridgehead atoms. The summed E-state index contributed by atoms with van der Waals surface area (Å²) >= 11 is 0. The van der Waals surface area contributed by atoms with Gasteiger partial charge in [0.05, 0.1) is 6.54 Å². The van der Waals surface area contributed by atoms with Crippen LogP contribution in [0, 0.1) is 11.8 Å². The van der Waals surface area contributed by atoms with Gasteiger partial charge in [0, 0.05) is 30.0 Å². The van der Waals surface area contributed by atoms with Gasteiger partial charge in [-0.2, -0.15) is 0 Å². The van der Waals surface area contributed by atoms with Crippen molar-refractivity contribution in [3.05, 3.63) is 60.2 Å². The minimum atomic E-state index is 0.665. The van der Waals surface area contributed by atoms with Crippen LogP contribution in [0.1, 0.15) is 18.4 Å². The van der Waals surface area contributed by atoms with Crippen LogP contribution in [0.25, 0.3) is 0 Å². The lowest BCUT2D eigenvalue weighted by molar-refractivity contribution is 0.949. The van der Waals surface area contributed by atoms with Gasteiger partial charge in [0.1, 0.15) is 0 Å². The summed E-state index contributed by atoms with van der Waals surface area (Å²) in [5, 5.41) is 3.34. The molecule has 0 aromatic heterocycles. The van der Waals surface area contributed by atoms with Crippen molar-refractivity contribution in [1.82, 2.24) is 0 Å². The highest BCUT2D eigenvalue weighted by Crippen LogP contribution is 2.21. The van der Waals surface area contributed by atoms with Crippen LogP contribution in [-0.4, -0.2) is 19.6 Å². The van der Waals surface area contributed by atoms with Crippen LogP contribution in [0.15, 0.2) is 54.6 Å². The van der Waals surface area contributed by atoms with Crippen molar-refractivity contribution >= 4 is 11.4 Å². The smallest absolute Gasteiger partial charge is 0.0769 e. The molecule has 1 heterocycles. The highest BCUT2D eigenvalue weighted by atomic mass is 15.1. The van der Waals surface area contributed by atoms with Gasteiger partial charge in [-0.25, -0.2) is 0 Å². The molecule has 0 aliphatic carbocycles. The van der Waals surface area contributed by atoms with Crippen molar-refractivity contribution < 1.29 is 0 Å². The molecule has 0 atom stereocenters. The number of rotatable bonds is 3. The van der Waals surface area contributed by atoms with E-state index in [-0.39, 0.29) is 0 Å². The molecule has 0 radical (unpaired) electrons. The summed E-state index contributed by atoms with van der Waals surface area (Å²) in [5.41, 5.74) is 3.51. The van der Waals surface area contributed by atoms with E-state index in [0.717, 1.165) is 11.3 Å². The first kappa shape index (κ1) is 13.6. The van der Waals surface area contributed by atoms with E-state index in [1.54, 1.807) is 0 Å². The molecule has 0 saturated carbocycles. The van der Waals surface area contributed by atoms with Gasteiger partial charge >= 0.3 is 0 Å². The molecule has 21 heavy (non-hydrogen) atoms. The van der Waals surface area contributed by atoms with E-state index in [0.29, 0.717) is 6.54 Å². The van der Waals surface area contributed by atoms with Gasteiger partial charge in [-0.3, -0.25) is 0 Å². The van der Waals surface area contributed by atoms with Crippen LogP contribution in [0.3, 0.4) is 0 Å². The normalized spacial score (nSPS) is 13.6. The van der Waals surface area contributed by atoms with E-state index in [4.69, 9.17) is 0 Å². The summed E-state index contributed by atoms with van der Waals surface area (Å²) < 4.78 is 0. The third-order valence-electron chi connectivity index (χ3n) is 3.73. The Bertz CT molecular complexity index is 614. The largest absolute Gasteiger partial charge is 0.374 e. The summed E-state index contributed by atoms with van der Waals surface area (Å²) in [7, 11) is 0. The molecule has 2 heteroatoms. The molecule has 1 N–H and O–H groups in total. The number of hydrogen-bond acceptors (Lipinski definition) is 2. The fourth-order valence-electron chi connectivity index (χ4n) is 2.58. The van der Waals surface area contributed by atoms with E-state index in [9.17, 15) is 0 Å². The minimum absolute atomic E-state index is 0.665. The Kier molecular flexibility index (Phi) is 4.43. The second kappa shape index (κ2) is 6.85. The summed E-state index contributed by atoms with van der Waals surface area (Å²) in [6.45, 7) is 3.04. The van der Waals surface area contributed by atoms with Gasteiger partial charge in [-0.15, -0.1) is 0 Å². The average molecular weight is 276 g/mol. The van der Waals surface area contributed by atoms with E-state index >= 15 is 0 Å². The zero-order valence-corrected chi connectivity index (χ0v) is 12.2. The number of benzene rings is 2. The number of anilines is 2. The Morgan fingerprint density at radius 1 is 0.905 bits per heavy atom. The number of nitrogens with one attached hydrogen (secondary N) is 1. The third-order valence-corrected chi connectivity index (χ3v) is 3.73. The van der Waals surface area contributed by atoms with E-state index < -0.39 is 0 Å². The highest BCUT2D eigenvalue weighted by molar-refractivity contribution is 5.56. The summed E-state index contributed by atoms with van der Waals surface area (Å²) in [6, 6.07) is 18.7. The maximum atomic E-state index is 3.34. The first-order valence-corrected chi connectivity index (χ1v) is 7.55. The van der Waals surface area contributed by atoms with E-state index in [2.05, 4.69) is 46.3 Å². The van der Waals surface area contributed by atoms with Gasteiger partial charge < -0.3 is 10.2 Å².